The summed E-state index contributed by atoms with van der Waals surface area (Å²) in [4.78, 5) is 5.13. The molecular weight excluding hydrogens is 262 g/mol. The Balaban J connectivity index is 1.59. The molecule has 21 heavy (non-hydrogen) atoms. The van der Waals surface area contributed by atoms with Gasteiger partial charge in [0.2, 0.25) is 0 Å². The van der Waals surface area contributed by atoms with Gasteiger partial charge in [0, 0.05) is 44.0 Å². The number of rotatable bonds is 4. The molecule has 1 saturated carbocycles. The van der Waals surface area contributed by atoms with E-state index in [4.69, 9.17) is 10.5 Å². The Hall–Kier alpha value is -1.26. The highest BCUT2D eigenvalue weighted by molar-refractivity contribution is 5.51. The summed E-state index contributed by atoms with van der Waals surface area (Å²) < 4.78 is 5.33. The van der Waals surface area contributed by atoms with E-state index >= 15 is 0 Å². The second kappa shape index (κ2) is 6.67. The maximum atomic E-state index is 5.93. The van der Waals surface area contributed by atoms with Crippen LogP contribution in [0.4, 0.5) is 5.69 Å². The van der Waals surface area contributed by atoms with Gasteiger partial charge in [-0.1, -0.05) is 12.5 Å². The van der Waals surface area contributed by atoms with Gasteiger partial charge in [-0.05, 0) is 37.4 Å². The molecule has 1 aromatic rings. The van der Waals surface area contributed by atoms with E-state index in [0.29, 0.717) is 5.92 Å². The molecule has 2 fully saturated rings. The highest BCUT2D eigenvalue weighted by atomic mass is 16.5. The van der Waals surface area contributed by atoms with E-state index in [1.54, 1.807) is 7.11 Å². The van der Waals surface area contributed by atoms with Crippen LogP contribution in [0.3, 0.4) is 0 Å². The minimum Gasteiger partial charge on any atom is -0.497 e. The average Bonchev–Trinajstić information content (AvgIpc) is 3.03. The lowest BCUT2D eigenvalue weighted by molar-refractivity contribution is 0.153. The van der Waals surface area contributed by atoms with Gasteiger partial charge in [-0.15, -0.1) is 0 Å². The predicted molar refractivity (Wildman–Crippen MR) is 87.0 cm³/mol. The molecule has 2 unspecified atom stereocenters. The highest BCUT2D eigenvalue weighted by Crippen LogP contribution is 2.30. The van der Waals surface area contributed by atoms with Crippen molar-refractivity contribution in [1.29, 1.82) is 0 Å². The first-order chi connectivity index (χ1) is 10.3. The summed E-state index contributed by atoms with van der Waals surface area (Å²) in [5.74, 6) is 1.65. The fraction of sp³-hybridized carbons (Fsp3) is 0.647. The van der Waals surface area contributed by atoms with Crippen molar-refractivity contribution in [2.45, 2.75) is 25.3 Å². The van der Waals surface area contributed by atoms with Crippen molar-refractivity contribution < 1.29 is 4.74 Å². The van der Waals surface area contributed by atoms with Gasteiger partial charge in [0.25, 0.3) is 0 Å². The Labute approximate surface area is 127 Å². The number of ether oxygens (including phenoxy) is 1. The van der Waals surface area contributed by atoms with Gasteiger partial charge in [0.05, 0.1) is 7.11 Å². The van der Waals surface area contributed by atoms with Crippen LogP contribution in [0.1, 0.15) is 19.3 Å². The summed E-state index contributed by atoms with van der Waals surface area (Å²) >= 11 is 0. The number of nitrogens with two attached hydrogens (primary N) is 1. The number of anilines is 1. The SMILES string of the molecule is COc1cccc(N2CCN(C3CCCC3CN)CC2)c1. The second-order valence-corrected chi connectivity index (χ2v) is 6.22. The van der Waals surface area contributed by atoms with Crippen LogP contribution in [0.15, 0.2) is 24.3 Å². The van der Waals surface area contributed by atoms with Crippen molar-refractivity contribution in [3.8, 4) is 5.75 Å². The molecule has 4 nitrogen and oxygen atoms in total. The zero-order chi connectivity index (χ0) is 14.7. The molecule has 2 N–H and O–H groups in total. The number of piperazine rings is 1. The molecule has 0 bridgehead atoms. The second-order valence-electron chi connectivity index (χ2n) is 6.22. The molecule has 0 amide bonds. The monoisotopic (exact) mass is 289 g/mol. The van der Waals surface area contributed by atoms with Crippen LogP contribution in [-0.2, 0) is 0 Å². The van der Waals surface area contributed by atoms with Crippen LogP contribution in [0.2, 0.25) is 0 Å². The number of methoxy groups -OCH3 is 1. The van der Waals surface area contributed by atoms with Gasteiger partial charge < -0.3 is 15.4 Å². The molecule has 116 valence electrons. The minimum absolute atomic E-state index is 0.716. The third-order valence-corrected chi connectivity index (χ3v) is 5.12. The lowest BCUT2D eigenvalue weighted by Gasteiger charge is -2.41. The Bertz CT molecular complexity index is 457. The number of hydrogen-bond donors (Lipinski definition) is 1. The molecule has 0 aromatic heterocycles. The van der Waals surface area contributed by atoms with Crippen molar-refractivity contribution in [3.63, 3.8) is 0 Å². The van der Waals surface area contributed by atoms with Crippen LogP contribution in [0.25, 0.3) is 0 Å². The van der Waals surface area contributed by atoms with Gasteiger partial charge in [-0.2, -0.15) is 0 Å². The highest BCUT2D eigenvalue weighted by Gasteiger charge is 2.32. The van der Waals surface area contributed by atoms with Gasteiger partial charge >= 0.3 is 0 Å². The minimum atomic E-state index is 0.716. The summed E-state index contributed by atoms with van der Waals surface area (Å²) in [6.45, 7) is 5.35. The first-order valence-corrected chi connectivity index (χ1v) is 8.15. The van der Waals surface area contributed by atoms with Crippen LogP contribution < -0.4 is 15.4 Å². The van der Waals surface area contributed by atoms with E-state index in [2.05, 4.69) is 28.0 Å². The lowest BCUT2D eigenvalue weighted by Crippen LogP contribution is -2.52. The van der Waals surface area contributed by atoms with Crippen molar-refractivity contribution in [2.75, 3.05) is 44.7 Å². The Morgan fingerprint density at radius 1 is 1.19 bits per heavy atom. The van der Waals surface area contributed by atoms with Crippen molar-refractivity contribution >= 4 is 5.69 Å². The van der Waals surface area contributed by atoms with Crippen molar-refractivity contribution in [2.24, 2.45) is 11.7 Å². The fourth-order valence-corrected chi connectivity index (χ4v) is 3.89. The predicted octanol–water partition coefficient (Wildman–Crippen LogP) is 1.94. The summed E-state index contributed by atoms with van der Waals surface area (Å²) in [7, 11) is 1.73. The van der Waals surface area contributed by atoms with Gasteiger partial charge in [-0.25, -0.2) is 0 Å². The summed E-state index contributed by atoms with van der Waals surface area (Å²) in [6, 6.07) is 9.11. The summed E-state index contributed by atoms with van der Waals surface area (Å²) in [5, 5.41) is 0. The number of nitrogens with zero attached hydrogens (tertiary/aromatic N) is 2. The van der Waals surface area contributed by atoms with E-state index in [0.717, 1.165) is 44.5 Å². The molecule has 1 aliphatic heterocycles. The number of hydrogen-bond acceptors (Lipinski definition) is 4. The molecular formula is C17H27N3O. The molecule has 2 aliphatic rings. The first-order valence-electron chi connectivity index (χ1n) is 8.15. The van der Waals surface area contributed by atoms with E-state index < -0.39 is 0 Å². The average molecular weight is 289 g/mol. The largest absolute Gasteiger partial charge is 0.497 e. The maximum absolute atomic E-state index is 5.93. The van der Waals surface area contributed by atoms with Gasteiger partial charge in [0.15, 0.2) is 0 Å². The summed E-state index contributed by atoms with van der Waals surface area (Å²) in [6.07, 6.45) is 4.00. The smallest absolute Gasteiger partial charge is 0.120 e. The van der Waals surface area contributed by atoms with E-state index in [1.807, 2.05) is 6.07 Å². The first kappa shape index (κ1) is 14.7. The Morgan fingerprint density at radius 2 is 2.00 bits per heavy atom. The molecule has 2 atom stereocenters. The van der Waals surface area contributed by atoms with Gasteiger partial charge in [0.1, 0.15) is 5.75 Å². The van der Waals surface area contributed by atoms with Crippen LogP contribution in [0, 0.1) is 5.92 Å². The third kappa shape index (κ3) is 3.16. The van der Waals surface area contributed by atoms with Crippen LogP contribution in [-0.4, -0.2) is 50.8 Å². The number of benzene rings is 1. The molecule has 1 saturated heterocycles. The fourth-order valence-electron chi connectivity index (χ4n) is 3.89. The van der Waals surface area contributed by atoms with Crippen LogP contribution >= 0.6 is 0 Å². The quantitative estimate of drug-likeness (QED) is 0.920. The van der Waals surface area contributed by atoms with Gasteiger partial charge in [-0.3, -0.25) is 4.90 Å². The van der Waals surface area contributed by atoms with Crippen LogP contribution in [0.5, 0.6) is 5.75 Å². The molecule has 1 aliphatic carbocycles. The van der Waals surface area contributed by atoms with E-state index in [1.165, 1.54) is 24.9 Å². The topological polar surface area (TPSA) is 41.7 Å². The normalized spacial score (nSPS) is 27.0. The standard InChI is InChI=1S/C17H27N3O/c1-21-16-6-3-5-15(12-16)19-8-10-20(11-9-19)17-7-2-4-14(17)13-18/h3,5-6,12,14,17H,2,4,7-11,13,18H2,1H3. The zero-order valence-corrected chi connectivity index (χ0v) is 13.0. The third-order valence-electron chi connectivity index (χ3n) is 5.12. The molecule has 4 heteroatoms. The Kier molecular flexibility index (Phi) is 4.66. The van der Waals surface area contributed by atoms with Crippen molar-refractivity contribution in [1.82, 2.24) is 4.90 Å². The lowest BCUT2D eigenvalue weighted by atomic mass is 10.0. The van der Waals surface area contributed by atoms with E-state index in [-0.39, 0.29) is 0 Å². The van der Waals surface area contributed by atoms with E-state index in [9.17, 15) is 0 Å². The van der Waals surface area contributed by atoms with Crippen molar-refractivity contribution in [3.05, 3.63) is 24.3 Å². The summed E-state index contributed by atoms with van der Waals surface area (Å²) in [5.41, 5.74) is 7.20. The maximum Gasteiger partial charge on any atom is 0.120 e. The molecule has 1 heterocycles. The Morgan fingerprint density at radius 3 is 2.71 bits per heavy atom. The zero-order valence-electron chi connectivity index (χ0n) is 13.0. The molecule has 0 spiro atoms. The molecule has 3 rings (SSSR count). The molecule has 0 radical (unpaired) electrons. The molecule has 1 aromatic carbocycles.